The fraction of sp³-hybridized carbons (Fsp3) is 0.158. The fourth-order valence-electron chi connectivity index (χ4n) is 2.95. The number of rotatable bonds is 3. The van der Waals surface area contributed by atoms with E-state index in [0.29, 0.717) is 16.9 Å². The molecule has 0 bridgehead atoms. The van der Waals surface area contributed by atoms with Crippen LogP contribution in [0.5, 0.6) is 0 Å². The van der Waals surface area contributed by atoms with Gasteiger partial charge in [-0.2, -0.15) is 10.2 Å². The van der Waals surface area contributed by atoms with E-state index in [2.05, 4.69) is 20.5 Å². The molecule has 4 rings (SSSR count). The standard InChI is InChI=1S/C19H18N6O/c1-12-8-9-24-18(21-12)15(11-20-24)19(26)22-16-6-4-5-7-17(16)25-14(3)10-13(2)23-25/h4-11H,1-3H3,(H,22,26). The van der Waals surface area contributed by atoms with Gasteiger partial charge in [0.2, 0.25) is 0 Å². The Morgan fingerprint density at radius 1 is 1.08 bits per heavy atom. The van der Waals surface area contributed by atoms with Gasteiger partial charge in [0.1, 0.15) is 5.56 Å². The second-order valence-electron chi connectivity index (χ2n) is 6.21. The maximum atomic E-state index is 12.8. The first kappa shape index (κ1) is 16.0. The van der Waals surface area contributed by atoms with Gasteiger partial charge in [-0.05, 0) is 45.0 Å². The average molecular weight is 346 g/mol. The Labute approximate surface area is 150 Å². The zero-order chi connectivity index (χ0) is 18.3. The summed E-state index contributed by atoms with van der Waals surface area (Å²) in [6.07, 6.45) is 3.32. The molecule has 0 atom stereocenters. The zero-order valence-corrected chi connectivity index (χ0v) is 14.8. The number of aryl methyl sites for hydroxylation is 3. The minimum absolute atomic E-state index is 0.257. The molecule has 3 heterocycles. The van der Waals surface area contributed by atoms with Crippen molar-refractivity contribution in [3.8, 4) is 5.69 Å². The van der Waals surface area contributed by atoms with Gasteiger partial charge in [0.05, 0.1) is 23.3 Å². The van der Waals surface area contributed by atoms with Crippen LogP contribution in [-0.4, -0.2) is 30.3 Å². The maximum Gasteiger partial charge on any atom is 0.261 e. The quantitative estimate of drug-likeness (QED) is 0.618. The number of nitrogens with one attached hydrogen (secondary N) is 1. The lowest BCUT2D eigenvalue weighted by Crippen LogP contribution is -2.14. The molecule has 3 aromatic heterocycles. The molecule has 0 aliphatic carbocycles. The van der Waals surface area contributed by atoms with E-state index in [1.54, 1.807) is 10.7 Å². The molecular weight excluding hydrogens is 328 g/mol. The summed E-state index contributed by atoms with van der Waals surface area (Å²) in [5.41, 5.74) is 5.20. The lowest BCUT2D eigenvalue weighted by Gasteiger charge is -2.12. The number of benzene rings is 1. The van der Waals surface area contributed by atoms with Crippen LogP contribution in [0.3, 0.4) is 0 Å². The van der Waals surface area contributed by atoms with Crippen LogP contribution in [0.1, 0.15) is 27.4 Å². The monoisotopic (exact) mass is 346 g/mol. The van der Waals surface area contributed by atoms with E-state index < -0.39 is 0 Å². The van der Waals surface area contributed by atoms with E-state index in [4.69, 9.17) is 0 Å². The first-order valence-corrected chi connectivity index (χ1v) is 8.28. The van der Waals surface area contributed by atoms with Crippen molar-refractivity contribution in [3.63, 3.8) is 0 Å². The van der Waals surface area contributed by atoms with E-state index in [9.17, 15) is 4.79 Å². The highest BCUT2D eigenvalue weighted by Gasteiger charge is 2.17. The van der Waals surface area contributed by atoms with Crippen LogP contribution in [0.25, 0.3) is 11.3 Å². The van der Waals surface area contributed by atoms with Crippen molar-refractivity contribution in [3.05, 3.63) is 71.4 Å². The first-order chi connectivity index (χ1) is 12.5. The third-order valence-electron chi connectivity index (χ3n) is 4.14. The van der Waals surface area contributed by atoms with Crippen molar-refractivity contribution in [1.82, 2.24) is 24.4 Å². The molecule has 1 amide bonds. The van der Waals surface area contributed by atoms with Crippen molar-refractivity contribution >= 4 is 17.2 Å². The molecule has 0 saturated carbocycles. The normalized spacial score (nSPS) is 11.0. The van der Waals surface area contributed by atoms with Crippen molar-refractivity contribution in [1.29, 1.82) is 0 Å². The van der Waals surface area contributed by atoms with Crippen molar-refractivity contribution < 1.29 is 4.79 Å². The molecule has 1 N–H and O–H groups in total. The van der Waals surface area contributed by atoms with Crippen LogP contribution in [0.4, 0.5) is 5.69 Å². The number of nitrogens with zero attached hydrogens (tertiary/aromatic N) is 5. The third kappa shape index (κ3) is 2.73. The molecule has 0 fully saturated rings. The Morgan fingerprint density at radius 2 is 1.88 bits per heavy atom. The predicted octanol–water partition coefficient (Wildman–Crippen LogP) is 3.09. The smallest absolute Gasteiger partial charge is 0.261 e. The third-order valence-corrected chi connectivity index (χ3v) is 4.14. The van der Waals surface area contributed by atoms with Crippen molar-refractivity contribution in [2.24, 2.45) is 0 Å². The molecule has 0 aliphatic heterocycles. The van der Waals surface area contributed by atoms with Gasteiger partial charge in [-0.1, -0.05) is 12.1 Å². The highest BCUT2D eigenvalue weighted by atomic mass is 16.1. The minimum Gasteiger partial charge on any atom is -0.320 e. The number of amides is 1. The van der Waals surface area contributed by atoms with Gasteiger partial charge in [0, 0.05) is 17.6 Å². The van der Waals surface area contributed by atoms with Crippen LogP contribution < -0.4 is 5.32 Å². The Morgan fingerprint density at radius 3 is 2.65 bits per heavy atom. The van der Waals surface area contributed by atoms with E-state index in [1.165, 1.54) is 6.20 Å². The number of anilines is 1. The number of hydrogen-bond donors (Lipinski definition) is 1. The van der Waals surface area contributed by atoms with Crippen LogP contribution in [0, 0.1) is 20.8 Å². The summed E-state index contributed by atoms with van der Waals surface area (Å²) in [6.45, 7) is 5.81. The second kappa shape index (κ2) is 6.11. The molecule has 0 aliphatic rings. The average Bonchev–Trinajstić information content (AvgIpc) is 3.17. The fourth-order valence-corrected chi connectivity index (χ4v) is 2.95. The van der Waals surface area contributed by atoms with Crippen molar-refractivity contribution in [2.75, 3.05) is 5.32 Å². The van der Waals surface area contributed by atoms with Gasteiger partial charge in [0.15, 0.2) is 5.65 Å². The van der Waals surface area contributed by atoms with Gasteiger partial charge in [-0.3, -0.25) is 4.79 Å². The number of carbonyl (C=O) groups excluding carboxylic acids is 1. The molecule has 7 heteroatoms. The first-order valence-electron chi connectivity index (χ1n) is 8.28. The van der Waals surface area contributed by atoms with E-state index >= 15 is 0 Å². The number of fused-ring (bicyclic) bond motifs is 1. The van der Waals surface area contributed by atoms with Gasteiger partial charge >= 0.3 is 0 Å². The Kier molecular flexibility index (Phi) is 3.76. The molecule has 7 nitrogen and oxygen atoms in total. The number of aromatic nitrogens is 5. The van der Waals surface area contributed by atoms with Crippen molar-refractivity contribution in [2.45, 2.75) is 20.8 Å². The molecule has 4 aromatic rings. The van der Waals surface area contributed by atoms with Crippen LogP contribution in [0.2, 0.25) is 0 Å². The summed E-state index contributed by atoms with van der Waals surface area (Å²) < 4.78 is 3.41. The largest absolute Gasteiger partial charge is 0.320 e. The second-order valence-corrected chi connectivity index (χ2v) is 6.21. The molecule has 0 spiro atoms. The minimum atomic E-state index is -0.257. The highest BCUT2D eigenvalue weighted by Crippen LogP contribution is 2.22. The van der Waals surface area contributed by atoms with Gasteiger partial charge in [-0.15, -0.1) is 0 Å². The van der Waals surface area contributed by atoms with Gasteiger partial charge in [-0.25, -0.2) is 14.2 Å². The molecule has 26 heavy (non-hydrogen) atoms. The molecule has 130 valence electrons. The summed E-state index contributed by atoms with van der Waals surface area (Å²) in [6, 6.07) is 11.4. The lowest BCUT2D eigenvalue weighted by molar-refractivity contribution is 0.102. The molecule has 1 aromatic carbocycles. The lowest BCUT2D eigenvalue weighted by atomic mass is 10.2. The highest BCUT2D eigenvalue weighted by molar-refractivity contribution is 6.08. The van der Waals surface area contributed by atoms with Crippen LogP contribution in [-0.2, 0) is 0 Å². The summed E-state index contributed by atoms with van der Waals surface area (Å²) in [5.74, 6) is -0.257. The van der Waals surface area contributed by atoms with E-state index in [0.717, 1.165) is 22.8 Å². The summed E-state index contributed by atoms with van der Waals surface area (Å²) >= 11 is 0. The van der Waals surface area contributed by atoms with Gasteiger partial charge < -0.3 is 5.32 Å². The Balaban J connectivity index is 1.72. The Hall–Kier alpha value is -3.48. The number of para-hydroxylation sites is 2. The van der Waals surface area contributed by atoms with Crippen LogP contribution >= 0.6 is 0 Å². The SMILES string of the molecule is Cc1ccn2ncc(C(=O)Nc3ccccc3-n3nc(C)cc3C)c2n1. The maximum absolute atomic E-state index is 12.8. The molecule has 0 saturated heterocycles. The number of hydrogen-bond acceptors (Lipinski definition) is 4. The van der Waals surface area contributed by atoms with E-state index in [-0.39, 0.29) is 5.91 Å². The molecular formula is C19H18N6O. The number of carbonyl (C=O) groups is 1. The van der Waals surface area contributed by atoms with E-state index in [1.807, 2.05) is 61.9 Å². The Bertz CT molecular complexity index is 1120. The molecule has 0 unspecified atom stereocenters. The van der Waals surface area contributed by atoms with Gasteiger partial charge in [0.25, 0.3) is 5.91 Å². The topological polar surface area (TPSA) is 77.1 Å². The van der Waals surface area contributed by atoms with Crippen LogP contribution in [0.15, 0.2) is 48.8 Å². The summed E-state index contributed by atoms with van der Waals surface area (Å²) in [4.78, 5) is 17.3. The zero-order valence-electron chi connectivity index (χ0n) is 14.8. The molecule has 0 radical (unpaired) electrons. The summed E-state index contributed by atoms with van der Waals surface area (Å²) in [5, 5.41) is 11.7. The summed E-state index contributed by atoms with van der Waals surface area (Å²) in [7, 11) is 0. The predicted molar refractivity (Wildman–Crippen MR) is 98.7 cm³/mol.